The molecule has 0 bridgehead atoms. The molecule has 1 fully saturated rings. The lowest BCUT2D eigenvalue weighted by molar-refractivity contribution is -0.384. The summed E-state index contributed by atoms with van der Waals surface area (Å²) in [7, 11) is 0. The van der Waals surface area contributed by atoms with Crippen molar-refractivity contribution in [1.29, 1.82) is 0 Å². The Morgan fingerprint density at radius 2 is 2.09 bits per heavy atom. The van der Waals surface area contributed by atoms with Crippen LogP contribution in [-0.2, 0) is 11.2 Å². The molecule has 1 aliphatic rings. The normalized spacial score (nSPS) is 18.6. The highest BCUT2D eigenvalue weighted by atomic mass is 16.6. The van der Waals surface area contributed by atoms with E-state index in [0.717, 1.165) is 25.1 Å². The monoisotopic (exact) mass is 319 g/mol. The van der Waals surface area contributed by atoms with Crippen LogP contribution in [0.3, 0.4) is 0 Å². The minimum atomic E-state index is -0.439. The molecule has 0 spiro atoms. The smallest absolute Gasteiger partial charge is 0.269 e. The first kappa shape index (κ1) is 17.4. The number of likely N-dealkylation sites (tertiary alicyclic amines) is 1. The maximum absolute atomic E-state index is 11.9. The number of rotatable bonds is 7. The van der Waals surface area contributed by atoms with Crippen LogP contribution in [0.4, 0.5) is 5.69 Å². The van der Waals surface area contributed by atoms with E-state index in [0.29, 0.717) is 12.6 Å². The molecule has 0 radical (unpaired) electrons. The van der Waals surface area contributed by atoms with Crippen LogP contribution in [0.1, 0.15) is 38.2 Å². The van der Waals surface area contributed by atoms with Gasteiger partial charge in [-0.15, -0.1) is 0 Å². The number of non-ortho nitro benzene ring substituents is 1. The maximum atomic E-state index is 11.9. The third kappa shape index (κ3) is 5.63. The number of carbonyl (C=O) groups is 1. The first-order valence-electron chi connectivity index (χ1n) is 8.30. The van der Waals surface area contributed by atoms with E-state index >= 15 is 0 Å². The van der Waals surface area contributed by atoms with Crippen LogP contribution in [0.25, 0.3) is 0 Å². The summed E-state index contributed by atoms with van der Waals surface area (Å²) >= 11 is 0. The van der Waals surface area contributed by atoms with Crippen molar-refractivity contribution in [2.75, 3.05) is 19.6 Å². The number of nitro groups is 1. The van der Waals surface area contributed by atoms with Crippen molar-refractivity contribution in [2.45, 2.75) is 45.1 Å². The van der Waals surface area contributed by atoms with Gasteiger partial charge in [-0.3, -0.25) is 14.9 Å². The maximum Gasteiger partial charge on any atom is 0.269 e. The highest BCUT2D eigenvalue weighted by Crippen LogP contribution is 2.16. The standard InChI is InChI=1S/C17H25N3O3/c1-14-5-2-3-11-19(14)12-4-10-18-17(21)13-15-6-8-16(9-7-15)20(22)23/h6-9,14H,2-5,10-13H2,1H3,(H,18,21)/t14-/m1/s1. The lowest BCUT2D eigenvalue weighted by Crippen LogP contribution is -2.39. The lowest BCUT2D eigenvalue weighted by atomic mass is 10.0. The zero-order chi connectivity index (χ0) is 16.7. The number of hydrogen-bond donors (Lipinski definition) is 1. The summed E-state index contributed by atoms with van der Waals surface area (Å²) in [6, 6.07) is 6.78. The zero-order valence-electron chi connectivity index (χ0n) is 13.7. The van der Waals surface area contributed by atoms with Gasteiger partial charge in [0.25, 0.3) is 5.69 Å². The second kappa shape index (κ2) is 8.62. The molecule has 0 unspecified atom stereocenters. The first-order valence-corrected chi connectivity index (χ1v) is 8.30. The summed E-state index contributed by atoms with van der Waals surface area (Å²) in [5, 5.41) is 13.5. The number of nitrogens with zero attached hydrogens (tertiary/aromatic N) is 2. The van der Waals surface area contributed by atoms with Gasteiger partial charge in [-0.25, -0.2) is 0 Å². The quantitative estimate of drug-likeness (QED) is 0.476. The summed E-state index contributed by atoms with van der Waals surface area (Å²) in [5.74, 6) is -0.0365. The van der Waals surface area contributed by atoms with Crippen LogP contribution >= 0.6 is 0 Å². The average Bonchev–Trinajstić information content (AvgIpc) is 2.53. The molecule has 1 heterocycles. The Morgan fingerprint density at radius 3 is 2.74 bits per heavy atom. The van der Waals surface area contributed by atoms with Gasteiger partial charge in [0.1, 0.15) is 0 Å². The van der Waals surface area contributed by atoms with Crippen molar-refractivity contribution in [3.8, 4) is 0 Å². The van der Waals surface area contributed by atoms with E-state index < -0.39 is 4.92 Å². The van der Waals surface area contributed by atoms with Crippen LogP contribution in [0.2, 0.25) is 0 Å². The number of piperidine rings is 1. The zero-order valence-corrected chi connectivity index (χ0v) is 13.7. The molecule has 2 rings (SSSR count). The second-order valence-electron chi connectivity index (χ2n) is 6.18. The molecular formula is C17H25N3O3. The van der Waals surface area contributed by atoms with E-state index in [1.54, 1.807) is 12.1 Å². The topological polar surface area (TPSA) is 75.5 Å². The minimum Gasteiger partial charge on any atom is -0.356 e. The van der Waals surface area contributed by atoms with E-state index in [1.165, 1.54) is 31.4 Å². The Balaban J connectivity index is 1.65. The summed E-state index contributed by atoms with van der Waals surface area (Å²) in [6.07, 6.45) is 5.08. The van der Waals surface area contributed by atoms with Gasteiger partial charge in [0, 0.05) is 31.3 Å². The molecular weight excluding hydrogens is 294 g/mol. The fourth-order valence-electron chi connectivity index (χ4n) is 2.98. The van der Waals surface area contributed by atoms with E-state index in [4.69, 9.17) is 0 Å². The van der Waals surface area contributed by atoms with Crippen LogP contribution < -0.4 is 5.32 Å². The highest BCUT2D eigenvalue weighted by Gasteiger charge is 2.17. The van der Waals surface area contributed by atoms with Gasteiger partial charge in [-0.1, -0.05) is 18.6 Å². The molecule has 0 aromatic heterocycles. The van der Waals surface area contributed by atoms with Gasteiger partial charge in [0.2, 0.25) is 5.91 Å². The highest BCUT2D eigenvalue weighted by molar-refractivity contribution is 5.78. The first-order chi connectivity index (χ1) is 11.1. The van der Waals surface area contributed by atoms with Crippen molar-refractivity contribution in [3.63, 3.8) is 0 Å². The van der Waals surface area contributed by atoms with Crippen molar-refractivity contribution in [1.82, 2.24) is 10.2 Å². The van der Waals surface area contributed by atoms with Gasteiger partial charge < -0.3 is 10.2 Å². The fourth-order valence-corrected chi connectivity index (χ4v) is 2.98. The predicted octanol–water partition coefficient (Wildman–Crippen LogP) is 2.52. The average molecular weight is 319 g/mol. The summed E-state index contributed by atoms with van der Waals surface area (Å²) < 4.78 is 0. The number of nitro benzene ring substituents is 1. The molecule has 1 aliphatic heterocycles. The van der Waals surface area contributed by atoms with Gasteiger partial charge >= 0.3 is 0 Å². The summed E-state index contributed by atoms with van der Waals surface area (Å²) in [6.45, 7) is 5.14. The van der Waals surface area contributed by atoms with Crippen molar-refractivity contribution < 1.29 is 9.72 Å². The van der Waals surface area contributed by atoms with Gasteiger partial charge in [0.15, 0.2) is 0 Å². The molecule has 0 saturated carbocycles. The van der Waals surface area contributed by atoms with Crippen LogP contribution in [0.15, 0.2) is 24.3 Å². The van der Waals surface area contributed by atoms with Crippen LogP contribution in [0.5, 0.6) is 0 Å². The molecule has 6 nitrogen and oxygen atoms in total. The molecule has 126 valence electrons. The summed E-state index contributed by atoms with van der Waals surface area (Å²) in [4.78, 5) is 24.5. The van der Waals surface area contributed by atoms with E-state index in [9.17, 15) is 14.9 Å². The van der Waals surface area contributed by atoms with Gasteiger partial charge in [-0.05, 0) is 38.3 Å². The summed E-state index contributed by atoms with van der Waals surface area (Å²) in [5.41, 5.74) is 0.836. The third-order valence-corrected chi connectivity index (χ3v) is 4.40. The van der Waals surface area contributed by atoms with Gasteiger partial charge in [-0.2, -0.15) is 0 Å². The van der Waals surface area contributed by atoms with Crippen molar-refractivity contribution in [3.05, 3.63) is 39.9 Å². The Hall–Kier alpha value is -1.95. The SMILES string of the molecule is C[C@@H]1CCCCN1CCCNC(=O)Cc1ccc([N+](=O)[O-])cc1. The Bertz CT molecular complexity index is 530. The van der Waals surface area contributed by atoms with Crippen LogP contribution in [0, 0.1) is 10.1 Å². The molecule has 1 aromatic carbocycles. The van der Waals surface area contributed by atoms with Crippen LogP contribution in [-0.4, -0.2) is 41.4 Å². The number of amides is 1. The Labute approximate surface area is 137 Å². The molecule has 23 heavy (non-hydrogen) atoms. The minimum absolute atomic E-state index is 0.0365. The number of carbonyl (C=O) groups excluding carboxylic acids is 1. The predicted molar refractivity (Wildman–Crippen MR) is 89.3 cm³/mol. The third-order valence-electron chi connectivity index (χ3n) is 4.40. The van der Waals surface area contributed by atoms with Crippen molar-refractivity contribution >= 4 is 11.6 Å². The second-order valence-corrected chi connectivity index (χ2v) is 6.18. The molecule has 0 aliphatic carbocycles. The van der Waals surface area contributed by atoms with Gasteiger partial charge in [0.05, 0.1) is 11.3 Å². The molecule has 1 aromatic rings. The Morgan fingerprint density at radius 1 is 1.35 bits per heavy atom. The molecule has 6 heteroatoms. The number of nitrogens with one attached hydrogen (secondary N) is 1. The molecule has 1 atom stereocenters. The molecule has 1 amide bonds. The fraction of sp³-hybridized carbons (Fsp3) is 0.588. The number of hydrogen-bond acceptors (Lipinski definition) is 4. The molecule has 1 saturated heterocycles. The molecule has 1 N–H and O–H groups in total. The van der Waals surface area contributed by atoms with Crippen molar-refractivity contribution in [2.24, 2.45) is 0 Å². The van der Waals surface area contributed by atoms with E-state index in [2.05, 4.69) is 17.1 Å². The Kier molecular flexibility index (Phi) is 6.52. The largest absolute Gasteiger partial charge is 0.356 e. The van der Waals surface area contributed by atoms with E-state index in [1.807, 2.05) is 0 Å². The lowest BCUT2D eigenvalue weighted by Gasteiger charge is -2.33. The van der Waals surface area contributed by atoms with E-state index in [-0.39, 0.29) is 18.0 Å². The number of benzene rings is 1.